The maximum Gasteiger partial charge on any atom is 0.159 e. The number of hydrogen-bond acceptors (Lipinski definition) is 4. The molecule has 0 aliphatic rings. The predicted molar refractivity (Wildman–Crippen MR) is 67.1 cm³/mol. The maximum atomic E-state index is 13.0. The van der Waals surface area contributed by atoms with E-state index in [1.807, 2.05) is 6.07 Å². The van der Waals surface area contributed by atoms with E-state index in [0.29, 0.717) is 27.7 Å². The average molecular weight is 265 g/mol. The first-order chi connectivity index (χ1) is 8.60. The molecule has 6 heteroatoms. The number of benzene rings is 1. The Hall–Kier alpha value is -2.13. The minimum Gasteiger partial charge on any atom is -0.397 e. The number of nitrogens with zero attached hydrogens (tertiary/aromatic N) is 1. The Bertz CT molecular complexity index is 616. The van der Waals surface area contributed by atoms with Gasteiger partial charge < -0.3 is 11.1 Å². The smallest absolute Gasteiger partial charge is 0.159 e. The molecule has 0 bridgehead atoms. The summed E-state index contributed by atoms with van der Waals surface area (Å²) in [6.45, 7) is 0.335. The van der Waals surface area contributed by atoms with Gasteiger partial charge in [-0.05, 0) is 23.8 Å². The summed E-state index contributed by atoms with van der Waals surface area (Å²) >= 11 is 1.22. The van der Waals surface area contributed by atoms with E-state index < -0.39 is 11.6 Å². The largest absolute Gasteiger partial charge is 0.397 e. The predicted octanol–water partition coefficient (Wildman–Crippen LogP) is 3.09. The van der Waals surface area contributed by atoms with Gasteiger partial charge in [0.05, 0.1) is 10.7 Å². The fourth-order valence-electron chi connectivity index (χ4n) is 1.42. The first-order valence-electron chi connectivity index (χ1n) is 5.07. The number of rotatable bonds is 3. The van der Waals surface area contributed by atoms with Crippen LogP contribution >= 0.6 is 11.3 Å². The summed E-state index contributed by atoms with van der Waals surface area (Å²) in [6, 6.07) is 7.32. The molecule has 2 rings (SSSR count). The van der Waals surface area contributed by atoms with E-state index in [4.69, 9.17) is 11.0 Å². The Labute approximate surface area is 106 Å². The number of thiophene rings is 1. The maximum absolute atomic E-state index is 13.0. The van der Waals surface area contributed by atoms with Crippen LogP contribution in [0.5, 0.6) is 0 Å². The standard InChI is InChI=1S/C12H9F2N3S/c13-8-2-1-7(3-9(8)14)6-17-12-4-10(16)11(5-15)18-12/h1-4,17H,6,16H2. The van der Waals surface area contributed by atoms with Crippen molar-refractivity contribution in [2.24, 2.45) is 0 Å². The topological polar surface area (TPSA) is 61.8 Å². The molecule has 3 nitrogen and oxygen atoms in total. The van der Waals surface area contributed by atoms with Crippen LogP contribution in [-0.2, 0) is 6.54 Å². The molecule has 0 aliphatic carbocycles. The van der Waals surface area contributed by atoms with Gasteiger partial charge in [0.1, 0.15) is 10.9 Å². The number of nitriles is 1. The van der Waals surface area contributed by atoms with Crippen LogP contribution in [-0.4, -0.2) is 0 Å². The zero-order valence-corrected chi connectivity index (χ0v) is 10.0. The lowest BCUT2D eigenvalue weighted by Crippen LogP contribution is -1.98. The average Bonchev–Trinajstić information content (AvgIpc) is 2.71. The van der Waals surface area contributed by atoms with Crippen LogP contribution in [0.2, 0.25) is 0 Å². The van der Waals surface area contributed by atoms with Crippen molar-refractivity contribution < 1.29 is 8.78 Å². The van der Waals surface area contributed by atoms with Crippen molar-refractivity contribution in [3.05, 3.63) is 46.3 Å². The van der Waals surface area contributed by atoms with Crippen molar-refractivity contribution in [1.82, 2.24) is 0 Å². The summed E-state index contributed by atoms with van der Waals surface area (Å²) in [4.78, 5) is 0.433. The van der Waals surface area contributed by atoms with Gasteiger partial charge >= 0.3 is 0 Å². The second-order valence-corrected chi connectivity index (χ2v) is 4.66. The molecule has 0 amide bonds. The molecule has 0 unspecified atom stereocenters. The van der Waals surface area contributed by atoms with Crippen LogP contribution < -0.4 is 11.1 Å². The molecule has 3 N–H and O–H groups in total. The lowest BCUT2D eigenvalue weighted by molar-refractivity contribution is 0.507. The second kappa shape index (κ2) is 5.02. The molecule has 1 aromatic heterocycles. The summed E-state index contributed by atoms with van der Waals surface area (Å²) in [7, 11) is 0. The molecule has 0 fully saturated rings. The third-order valence-corrected chi connectivity index (χ3v) is 3.33. The van der Waals surface area contributed by atoms with Gasteiger partial charge in [0, 0.05) is 6.54 Å². The third-order valence-electron chi connectivity index (χ3n) is 2.31. The van der Waals surface area contributed by atoms with Gasteiger partial charge in [0.25, 0.3) is 0 Å². The van der Waals surface area contributed by atoms with Crippen molar-refractivity contribution >= 4 is 22.0 Å². The number of halogens is 2. The molecule has 0 spiro atoms. The quantitative estimate of drug-likeness (QED) is 0.896. The minimum atomic E-state index is -0.877. The summed E-state index contributed by atoms with van der Waals surface area (Å²) in [5.74, 6) is -1.75. The van der Waals surface area contributed by atoms with Crippen LogP contribution in [0.3, 0.4) is 0 Å². The summed E-state index contributed by atoms with van der Waals surface area (Å²) < 4.78 is 25.7. The lowest BCUT2D eigenvalue weighted by Gasteiger charge is -2.03. The number of nitrogens with two attached hydrogens (primary N) is 1. The fraction of sp³-hybridized carbons (Fsp3) is 0.0833. The molecule has 0 saturated carbocycles. The van der Waals surface area contributed by atoms with Gasteiger partial charge in [0.2, 0.25) is 0 Å². The minimum absolute atomic E-state index is 0.335. The van der Waals surface area contributed by atoms with Crippen LogP contribution in [0.25, 0.3) is 0 Å². The Kier molecular flexibility index (Phi) is 3.44. The van der Waals surface area contributed by atoms with Gasteiger partial charge in [-0.25, -0.2) is 8.78 Å². The van der Waals surface area contributed by atoms with Gasteiger partial charge in [-0.3, -0.25) is 0 Å². The van der Waals surface area contributed by atoms with E-state index in [1.165, 1.54) is 17.4 Å². The van der Waals surface area contributed by atoms with E-state index in [1.54, 1.807) is 6.07 Å². The number of nitrogens with one attached hydrogen (secondary N) is 1. The Morgan fingerprint density at radius 1 is 1.28 bits per heavy atom. The van der Waals surface area contributed by atoms with Crippen molar-refractivity contribution in [1.29, 1.82) is 5.26 Å². The molecule has 18 heavy (non-hydrogen) atoms. The Morgan fingerprint density at radius 3 is 2.67 bits per heavy atom. The highest BCUT2D eigenvalue weighted by Gasteiger charge is 2.06. The molecule has 0 saturated heterocycles. The number of hydrogen-bond donors (Lipinski definition) is 2. The summed E-state index contributed by atoms with van der Waals surface area (Å²) in [5, 5.41) is 12.5. The highest BCUT2D eigenvalue weighted by atomic mass is 32.1. The van der Waals surface area contributed by atoms with E-state index in [2.05, 4.69) is 5.32 Å². The monoisotopic (exact) mass is 265 g/mol. The SMILES string of the molecule is N#Cc1sc(NCc2ccc(F)c(F)c2)cc1N. The second-order valence-electron chi connectivity index (χ2n) is 3.61. The van der Waals surface area contributed by atoms with E-state index >= 15 is 0 Å². The van der Waals surface area contributed by atoms with Gasteiger partial charge in [-0.2, -0.15) is 5.26 Å². The molecule has 0 radical (unpaired) electrons. The Balaban J connectivity index is 2.07. The molecule has 0 atom stereocenters. The van der Waals surface area contributed by atoms with E-state index in [9.17, 15) is 8.78 Å². The first kappa shape index (κ1) is 12.3. The Morgan fingerprint density at radius 2 is 2.06 bits per heavy atom. The van der Waals surface area contributed by atoms with Crippen molar-refractivity contribution in [3.8, 4) is 6.07 Å². The van der Waals surface area contributed by atoms with Crippen LogP contribution in [0.15, 0.2) is 24.3 Å². The van der Waals surface area contributed by atoms with Crippen LogP contribution in [0.4, 0.5) is 19.5 Å². The zero-order chi connectivity index (χ0) is 13.1. The van der Waals surface area contributed by atoms with Crippen LogP contribution in [0.1, 0.15) is 10.4 Å². The summed E-state index contributed by atoms with van der Waals surface area (Å²) in [5.41, 5.74) is 6.63. The van der Waals surface area contributed by atoms with Crippen molar-refractivity contribution in [2.75, 3.05) is 11.1 Å². The van der Waals surface area contributed by atoms with Crippen LogP contribution in [0, 0.1) is 23.0 Å². The highest BCUT2D eigenvalue weighted by Crippen LogP contribution is 2.28. The molecular weight excluding hydrogens is 256 g/mol. The fourth-order valence-corrected chi connectivity index (χ4v) is 2.19. The molecule has 0 aliphatic heterocycles. The van der Waals surface area contributed by atoms with Gasteiger partial charge in [0.15, 0.2) is 11.6 Å². The summed E-state index contributed by atoms with van der Waals surface area (Å²) in [6.07, 6.45) is 0. The molecule has 1 aromatic carbocycles. The normalized spacial score (nSPS) is 10.1. The molecule has 2 aromatic rings. The lowest BCUT2D eigenvalue weighted by atomic mass is 10.2. The van der Waals surface area contributed by atoms with Crippen molar-refractivity contribution in [2.45, 2.75) is 6.54 Å². The molecule has 1 heterocycles. The zero-order valence-electron chi connectivity index (χ0n) is 9.21. The highest BCUT2D eigenvalue weighted by molar-refractivity contribution is 7.17. The van der Waals surface area contributed by atoms with E-state index in [-0.39, 0.29) is 0 Å². The van der Waals surface area contributed by atoms with E-state index in [0.717, 1.165) is 12.1 Å². The third kappa shape index (κ3) is 2.57. The van der Waals surface area contributed by atoms with Gasteiger partial charge in [-0.15, -0.1) is 11.3 Å². The number of anilines is 2. The van der Waals surface area contributed by atoms with Crippen molar-refractivity contribution in [3.63, 3.8) is 0 Å². The van der Waals surface area contributed by atoms with Gasteiger partial charge in [-0.1, -0.05) is 6.07 Å². The molecular formula is C12H9F2N3S. The molecule has 92 valence electrons. The first-order valence-corrected chi connectivity index (χ1v) is 5.89. The number of nitrogen functional groups attached to an aromatic ring is 1.